The number of ether oxygens (including phenoxy) is 6. The predicted molar refractivity (Wildman–Crippen MR) is 152 cm³/mol. The van der Waals surface area contributed by atoms with E-state index in [0.29, 0.717) is 18.7 Å². The van der Waals surface area contributed by atoms with E-state index in [1.165, 1.54) is 19.9 Å². The van der Waals surface area contributed by atoms with Crippen LogP contribution in [0, 0.1) is 10.1 Å². The van der Waals surface area contributed by atoms with Crippen LogP contribution in [0.3, 0.4) is 0 Å². The molecule has 4 rings (SSSR count). The first-order valence-corrected chi connectivity index (χ1v) is 14.0. The Labute approximate surface area is 257 Å². The molecule has 0 aromatic heterocycles. The van der Waals surface area contributed by atoms with Crippen LogP contribution >= 0.6 is 11.6 Å². The molecule has 2 heterocycles. The van der Waals surface area contributed by atoms with Gasteiger partial charge >= 0.3 is 23.9 Å². The standard InChI is InChI=1S/C29H31ClN2O12/c1-14(39-15(2)33)25-26(40-16(3)34)27(41-17(4)35)28(42-18(5)36)29(44-25)43-24-9-7-20(13-22(24)30)31-11-10-19-12-21(32(37)38)6-8-23(19)31/h6-9,12-14,25-29H,10-11H2,1-5H3/t14-,25+,26+,27-,28-,29-/m0/s1. The van der Waals surface area contributed by atoms with E-state index in [2.05, 4.69) is 0 Å². The SMILES string of the molecule is CC(=O)O[C@H]1[C@H](OC(C)=O)[C@@H]([C@H](C)OC(C)=O)O[C@H](Oc2ccc(N3CCc4cc([N+](=O)[O-])ccc43)cc2Cl)[C@H]1OC(C)=O. The molecule has 0 aliphatic carbocycles. The number of nitro groups is 1. The van der Waals surface area contributed by atoms with Crippen molar-refractivity contribution in [3.63, 3.8) is 0 Å². The lowest BCUT2D eigenvalue weighted by molar-refractivity contribution is -0.384. The number of fused-ring (bicyclic) bond motifs is 1. The average Bonchev–Trinajstić information content (AvgIpc) is 3.35. The molecule has 0 bridgehead atoms. The molecule has 2 aliphatic heterocycles. The quantitative estimate of drug-likeness (QED) is 0.169. The van der Waals surface area contributed by atoms with Gasteiger partial charge in [-0.2, -0.15) is 0 Å². The van der Waals surface area contributed by atoms with Gasteiger partial charge in [-0.15, -0.1) is 0 Å². The molecule has 1 saturated heterocycles. The molecule has 2 aromatic rings. The highest BCUT2D eigenvalue weighted by Crippen LogP contribution is 2.40. The molecule has 14 nitrogen and oxygen atoms in total. The van der Waals surface area contributed by atoms with Gasteiger partial charge < -0.3 is 33.3 Å². The van der Waals surface area contributed by atoms with Gasteiger partial charge in [-0.25, -0.2) is 0 Å². The van der Waals surface area contributed by atoms with Crippen LogP contribution in [0.15, 0.2) is 36.4 Å². The molecule has 0 spiro atoms. The highest BCUT2D eigenvalue weighted by atomic mass is 35.5. The van der Waals surface area contributed by atoms with E-state index in [1.807, 2.05) is 4.90 Å². The minimum atomic E-state index is -1.46. The number of non-ortho nitro benzene ring substituents is 1. The Kier molecular flexibility index (Phi) is 9.95. The third kappa shape index (κ3) is 7.37. The van der Waals surface area contributed by atoms with E-state index in [1.54, 1.807) is 30.3 Å². The normalized spacial score (nSPS) is 23.1. The molecule has 0 saturated carbocycles. The third-order valence-electron chi connectivity index (χ3n) is 6.89. The summed E-state index contributed by atoms with van der Waals surface area (Å²) in [7, 11) is 0. The first-order chi connectivity index (χ1) is 20.7. The fourth-order valence-corrected chi connectivity index (χ4v) is 5.47. The summed E-state index contributed by atoms with van der Waals surface area (Å²) in [6.45, 7) is 6.60. The van der Waals surface area contributed by atoms with Crippen LogP contribution in [-0.2, 0) is 49.3 Å². The van der Waals surface area contributed by atoms with E-state index in [9.17, 15) is 29.3 Å². The third-order valence-corrected chi connectivity index (χ3v) is 7.19. The van der Waals surface area contributed by atoms with Gasteiger partial charge in [-0.1, -0.05) is 11.6 Å². The largest absolute Gasteiger partial charge is 0.460 e. The number of nitrogens with zero attached hydrogens (tertiary/aromatic N) is 2. The van der Waals surface area contributed by atoms with Crippen molar-refractivity contribution >= 4 is 52.5 Å². The van der Waals surface area contributed by atoms with Crippen LogP contribution in [0.25, 0.3) is 0 Å². The molecule has 0 radical (unpaired) electrons. The number of carbonyl (C=O) groups is 4. The number of esters is 4. The second kappa shape index (κ2) is 13.5. The number of benzene rings is 2. The molecule has 0 unspecified atom stereocenters. The minimum absolute atomic E-state index is 0.00604. The zero-order valence-electron chi connectivity index (χ0n) is 24.5. The topological polar surface area (TPSA) is 170 Å². The van der Waals surface area contributed by atoms with Crippen LogP contribution in [0.5, 0.6) is 5.75 Å². The second-order valence-electron chi connectivity index (χ2n) is 10.2. The molecule has 2 aromatic carbocycles. The van der Waals surface area contributed by atoms with Crippen molar-refractivity contribution in [2.75, 3.05) is 11.4 Å². The van der Waals surface area contributed by atoms with Crippen molar-refractivity contribution in [2.24, 2.45) is 0 Å². The van der Waals surface area contributed by atoms with E-state index in [4.69, 9.17) is 40.0 Å². The van der Waals surface area contributed by atoms with Crippen LogP contribution in [0.2, 0.25) is 5.02 Å². The van der Waals surface area contributed by atoms with Gasteiger partial charge in [0.15, 0.2) is 12.2 Å². The fraction of sp³-hybridized carbons (Fsp3) is 0.448. The summed E-state index contributed by atoms with van der Waals surface area (Å²) in [4.78, 5) is 60.7. The van der Waals surface area contributed by atoms with Crippen molar-refractivity contribution in [3.8, 4) is 5.75 Å². The molecule has 0 N–H and O–H groups in total. The second-order valence-corrected chi connectivity index (χ2v) is 10.6. The van der Waals surface area contributed by atoms with Gasteiger partial charge in [-0.3, -0.25) is 29.3 Å². The predicted octanol–water partition coefficient (Wildman–Crippen LogP) is 3.79. The molecular formula is C29H31ClN2O12. The van der Waals surface area contributed by atoms with Crippen molar-refractivity contribution in [1.29, 1.82) is 0 Å². The Morgan fingerprint density at radius 3 is 2.16 bits per heavy atom. The first-order valence-electron chi connectivity index (χ1n) is 13.6. The van der Waals surface area contributed by atoms with Crippen molar-refractivity contribution in [1.82, 2.24) is 0 Å². The number of anilines is 2. The van der Waals surface area contributed by atoms with Gasteiger partial charge in [0.25, 0.3) is 5.69 Å². The first kappa shape index (κ1) is 32.5. The molecular weight excluding hydrogens is 604 g/mol. The average molecular weight is 635 g/mol. The Hall–Kier alpha value is -4.43. The summed E-state index contributed by atoms with van der Waals surface area (Å²) in [5.74, 6) is -2.85. The summed E-state index contributed by atoms with van der Waals surface area (Å²) in [5.41, 5.74) is 2.31. The van der Waals surface area contributed by atoms with Gasteiger partial charge in [0.2, 0.25) is 12.4 Å². The van der Waals surface area contributed by atoms with Crippen LogP contribution in [-0.4, -0.2) is 72.2 Å². The Bertz CT molecular complexity index is 1470. The fourth-order valence-electron chi connectivity index (χ4n) is 5.25. The number of hydrogen-bond donors (Lipinski definition) is 0. The van der Waals surface area contributed by atoms with Crippen molar-refractivity contribution < 1.29 is 52.5 Å². The Morgan fingerprint density at radius 2 is 1.57 bits per heavy atom. The number of hydrogen-bond acceptors (Lipinski definition) is 13. The summed E-state index contributed by atoms with van der Waals surface area (Å²) >= 11 is 6.63. The highest BCUT2D eigenvalue weighted by Gasteiger charge is 2.55. The van der Waals surface area contributed by atoms with Gasteiger partial charge in [0, 0.05) is 57.7 Å². The maximum atomic E-state index is 12.1. The van der Waals surface area contributed by atoms with Gasteiger partial charge in [0.1, 0.15) is 18.0 Å². The molecule has 2 aliphatic rings. The number of rotatable bonds is 9. The molecule has 15 heteroatoms. The molecule has 44 heavy (non-hydrogen) atoms. The minimum Gasteiger partial charge on any atom is -0.460 e. The van der Waals surface area contributed by atoms with E-state index < -0.39 is 65.6 Å². The van der Waals surface area contributed by atoms with Crippen LogP contribution in [0.1, 0.15) is 40.2 Å². The van der Waals surface area contributed by atoms with E-state index >= 15 is 0 Å². The van der Waals surface area contributed by atoms with Crippen molar-refractivity contribution in [3.05, 3.63) is 57.1 Å². The summed E-state index contributed by atoms with van der Waals surface area (Å²) < 4.78 is 33.8. The Morgan fingerprint density at radius 1 is 0.932 bits per heavy atom. The lowest BCUT2D eigenvalue weighted by Crippen LogP contribution is -2.65. The maximum Gasteiger partial charge on any atom is 0.303 e. The monoisotopic (exact) mass is 634 g/mol. The smallest absolute Gasteiger partial charge is 0.303 e. The number of nitro benzene ring substituents is 1. The summed E-state index contributed by atoms with van der Waals surface area (Å²) in [5, 5.41) is 11.3. The molecule has 236 valence electrons. The van der Waals surface area contributed by atoms with Crippen LogP contribution < -0.4 is 9.64 Å². The van der Waals surface area contributed by atoms with Gasteiger partial charge in [0.05, 0.1) is 9.95 Å². The van der Waals surface area contributed by atoms with Crippen LogP contribution in [0.4, 0.5) is 17.1 Å². The van der Waals surface area contributed by atoms with Gasteiger partial charge in [-0.05, 0) is 43.2 Å². The highest BCUT2D eigenvalue weighted by molar-refractivity contribution is 6.32. The van der Waals surface area contributed by atoms with E-state index in [0.717, 1.165) is 32.0 Å². The molecule has 6 atom stereocenters. The van der Waals surface area contributed by atoms with Crippen molar-refractivity contribution in [2.45, 2.75) is 77.8 Å². The lowest BCUT2D eigenvalue weighted by atomic mass is 9.94. The Balaban J connectivity index is 1.67. The lowest BCUT2D eigenvalue weighted by Gasteiger charge is -2.45. The summed E-state index contributed by atoms with van der Waals surface area (Å²) in [6.07, 6.45) is -7.30. The molecule has 1 fully saturated rings. The number of halogens is 1. The number of carbonyl (C=O) groups excluding carboxylic acids is 4. The zero-order chi connectivity index (χ0) is 32.3. The van der Waals surface area contributed by atoms with E-state index in [-0.39, 0.29) is 16.5 Å². The zero-order valence-corrected chi connectivity index (χ0v) is 25.3. The molecule has 0 amide bonds. The maximum absolute atomic E-state index is 12.1. The summed E-state index contributed by atoms with van der Waals surface area (Å²) in [6, 6.07) is 9.55.